The highest BCUT2D eigenvalue weighted by Gasteiger charge is 2.35. The summed E-state index contributed by atoms with van der Waals surface area (Å²) in [6.45, 7) is 0.594. The molecule has 114 valence electrons. The van der Waals surface area contributed by atoms with Crippen molar-refractivity contribution in [2.24, 2.45) is 0 Å². The number of rotatable bonds is 4. The van der Waals surface area contributed by atoms with Gasteiger partial charge < -0.3 is 5.32 Å². The molecular weight excluding hydrogens is 278 g/mol. The molecule has 3 rings (SSSR count). The maximum absolute atomic E-state index is 12.2. The Balaban J connectivity index is 1.74. The van der Waals surface area contributed by atoms with Gasteiger partial charge in [-0.2, -0.15) is 5.10 Å². The van der Waals surface area contributed by atoms with Crippen LogP contribution in [0, 0.1) is 0 Å². The van der Waals surface area contributed by atoms with Gasteiger partial charge >= 0.3 is 0 Å². The molecule has 1 saturated carbocycles. The summed E-state index contributed by atoms with van der Waals surface area (Å²) in [6, 6.07) is 13.1. The van der Waals surface area contributed by atoms with Crippen molar-refractivity contribution in [3.05, 3.63) is 64.1 Å². The predicted octanol–water partition coefficient (Wildman–Crippen LogP) is 2.01. The third-order valence-electron chi connectivity index (χ3n) is 4.45. The molecule has 0 radical (unpaired) electrons. The molecule has 1 heterocycles. The van der Waals surface area contributed by atoms with E-state index in [0.29, 0.717) is 6.54 Å². The lowest BCUT2D eigenvalue weighted by Gasteiger charge is -2.30. The van der Waals surface area contributed by atoms with Crippen LogP contribution in [0.2, 0.25) is 0 Å². The van der Waals surface area contributed by atoms with Crippen LogP contribution in [0.3, 0.4) is 0 Å². The van der Waals surface area contributed by atoms with Crippen LogP contribution in [-0.2, 0) is 5.41 Å². The van der Waals surface area contributed by atoms with Crippen LogP contribution in [0.4, 0.5) is 0 Å². The van der Waals surface area contributed by atoms with Crippen LogP contribution in [-0.4, -0.2) is 22.6 Å². The average molecular weight is 297 g/mol. The second kappa shape index (κ2) is 6.13. The molecule has 5 nitrogen and oxygen atoms in total. The number of aromatic amines is 1. The topological polar surface area (TPSA) is 74.8 Å². The Morgan fingerprint density at radius 2 is 1.86 bits per heavy atom. The van der Waals surface area contributed by atoms with Crippen LogP contribution in [0.5, 0.6) is 0 Å². The van der Waals surface area contributed by atoms with Gasteiger partial charge in [-0.05, 0) is 24.5 Å². The fraction of sp³-hybridized carbons (Fsp3) is 0.353. The summed E-state index contributed by atoms with van der Waals surface area (Å²) in [5, 5.41) is 9.03. The molecule has 1 aromatic heterocycles. The van der Waals surface area contributed by atoms with Crippen molar-refractivity contribution >= 4 is 5.91 Å². The molecular formula is C17H19N3O2. The first-order chi connectivity index (χ1) is 10.7. The van der Waals surface area contributed by atoms with Gasteiger partial charge in [0.2, 0.25) is 0 Å². The van der Waals surface area contributed by atoms with Crippen LogP contribution < -0.4 is 10.9 Å². The molecule has 0 spiro atoms. The summed E-state index contributed by atoms with van der Waals surface area (Å²) < 4.78 is 0. The number of hydrogen-bond donors (Lipinski definition) is 2. The van der Waals surface area contributed by atoms with Gasteiger partial charge in [-0.1, -0.05) is 43.2 Å². The van der Waals surface area contributed by atoms with E-state index in [1.165, 1.54) is 30.5 Å². The number of benzene rings is 1. The second-order valence-electron chi connectivity index (χ2n) is 5.84. The van der Waals surface area contributed by atoms with Gasteiger partial charge in [0.25, 0.3) is 11.5 Å². The van der Waals surface area contributed by atoms with Crippen LogP contribution in [0.1, 0.15) is 41.7 Å². The molecule has 1 aromatic carbocycles. The van der Waals surface area contributed by atoms with E-state index in [9.17, 15) is 9.59 Å². The highest BCUT2D eigenvalue weighted by Crippen LogP contribution is 2.40. The molecule has 5 heteroatoms. The predicted molar refractivity (Wildman–Crippen MR) is 83.8 cm³/mol. The number of amides is 1. The van der Waals surface area contributed by atoms with Gasteiger partial charge in [0, 0.05) is 18.0 Å². The van der Waals surface area contributed by atoms with Crippen LogP contribution in [0.25, 0.3) is 0 Å². The highest BCUT2D eigenvalue weighted by molar-refractivity contribution is 5.92. The van der Waals surface area contributed by atoms with Gasteiger partial charge in [0.05, 0.1) is 0 Å². The number of H-pyrrole nitrogens is 1. The van der Waals surface area contributed by atoms with Gasteiger partial charge in [0.1, 0.15) is 5.69 Å². The second-order valence-corrected chi connectivity index (χ2v) is 5.84. The monoisotopic (exact) mass is 297 g/mol. The van der Waals surface area contributed by atoms with Gasteiger partial charge in [-0.3, -0.25) is 9.59 Å². The van der Waals surface area contributed by atoms with Gasteiger partial charge in [0.15, 0.2) is 0 Å². The van der Waals surface area contributed by atoms with E-state index in [4.69, 9.17) is 0 Å². The summed E-state index contributed by atoms with van der Waals surface area (Å²) in [4.78, 5) is 23.2. The van der Waals surface area contributed by atoms with Crippen molar-refractivity contribution in [1.29, 1.82) is 0 Å². The molecule has 1 aliphatic rings. The van der Waals surface area contributed by atoms with E-state index in [-0.39, 0.29) is 22.6 Å². The summed E-state index contributed by atoms with van der Waals surface area (Å²) in [5.74, 6) is -0.251. The van der Waals surface area contributed by atoms with Crippen LogP contribution in [0.15, 0.2) is 47.3 Å². The Morgan fingerprint density at radius 1 is 1.14 bits per heavy atom. The van der Waals surface area contributed by atoms with Gasteiger partial charge in [-0.15, -0.1) is 0 Å². The first kappa shape index (κ1) is 14.5. The molecule has 1 amide bonds. The minimum Gasteiger partial charge on any atom is -0.350 e. The van der Waals surface area contributed by atoms with Crippen molar-refractivity contribution in [3.8, 4) is 0 Å². The summed E-state index contributed by atoms with van der Waals surface area (Å²) >= 11 is 0. The molecule has 1 fully saturated rings. The standard InChI is InChI=1S/C17H19N3O2/c21-15-9-8-14(19-20-15)16(22)18-12-17(10-4-5-11-17)13-6-2-1-3-7-13/h1-3,6-9H,4-5,10-12H2,(H,18,22)(H,20,21). The maximum Gasteiger partial charge on any atom is 0.271 e. The smallest absolute Gasteiger partial charge is 0.271 e. The summed E-state index contributed by atoms with van der Waals surface area (Å²) in [6.07, 6.45) is 4.52. The fourth-order valence-electron chi connectivity index (χ4n) is 3.22. The Labute approximate surface area is 128 Å². The lowest BCUT2D eigenvalue weighted by molar-refractivity contribution is 0.0937. The Bertz CT molecular complexity index is 683. The zero-order valence-corrected chi connectivity index (χ0v) is 12.3. The number of hydrogen-bond acceptors (Lipinski definition) is 3. The van der Waals surface area contributed by atoms with Crippen molar-refractivity contribution in [1.82, 2.24) is 15.5 Å². The van der Waals surface area contributed by atoms with E-state index in [2.05, 4.69) is 27.6 Å². The average Bonchev–Trinajstić information content (AvgIpc) is 3.04. The number of aromatic nitrogens is 2. The quantitative estimate of drug-likeness (QED) is 0.906. The SMILES string of the molecule is O=C(NCC1(c2ccccc2)CCCC1)c1ccc(=O)[nH]n1. The minimum atomic E-state index is -0.312. The number of nitrogens with zero attached hydrogens (tertiary/aromatic N) is 1. The Kier molecular flexibility index (Phi) is 4.04. The molecule has 1 aliphatic carbocycles. The van der Waals surface area contributed by atoms with E-state index in [0.717, 1.165) is 12.8 Å². The normalized spacial score (nSPS) is 16.4. The third-order valence-corrected chi connectivity index (χ3v) is 4.45. The summed E-state index contributed by atoms with van der Waals surface area (Å²) in [5.41, 5.74) is 1.22. The van der Waals surface area contributed by atoms with Crippen LogP contribution >= 0.6 is 0 Å². The first-order valence-corrected chi connectivity index (χ1v) is 7.59. The minimum absolute atomic E-state index is 0.0130. The number of nitrogens with one attached hydrogen (secondary N) is 2. The zero-order valence-electron chi connectivity index (χ0n) is 12.3. The van der Waals surface area contributed by atoms with E-state index >= 15 is 0 Å². The number of carbonyl (C=O) groups is 1. The molecule has 2 N–H and O–H groups in total. The van der Waals surface area contributed by atoms with Crippen molar-refractivity contribution in [2.45, 2.75) is 31.1 Å². The Hall–Kier alpha value is -2.43. The molecule has 22 heavy (non-hydrogen) atoms. The Morgan fingerprint density at radius 3 is 2.50 bits per heavy atom. The third kappa shape index (κ3) is 2.93. The zero-order chi connectivity index (χ0) is 15.4. The first-order valence-electron chi connectivity index (χ1n) is 7.59. The molecule has 0 bridgehead atoms. The van der Waals surface area contributed by atoms with Gasteiger partial charge in [-0.25, -0.2) is 5.10 Å². The van der Waals surface area contributed by atoms with Crippen molar-refractivity contribution in [3.63, 3.8) is 0 Å². The maximum atomic E-state index is 12.2. The summed E-state index contributed by atoms with van der Waals surface area (Å²) in [7, 11) is 0. The van der Waals surface area contributed by atoms with Crippen molar-refractivity contribution in [2.75, 3.05) is 6.54 Å². The molecule has 0 saturated heterocycles. The van der Waals surface area contributed by atoms with Crippen molar-refractivity contribution < 1.29 is 4.79 Å². The molecule has 0 atom stereocenters. The fourth-order valence-corrected chi connectivity index (χ4v) is 3.22. The lowest BCUT2D eigenvalue weighted by Crippen LogP contribution is -2.39. The lowest BCUT2D eigenvalue weighted by atomic mass is 9.79. The molecule has 2 aromatic rings. The van der Waals surface area contributed by atoms with E-state index in [1.807, 2.05) is 18.2 Å². The van der Waals surface area contributed by atoms with E-state index in [1.54, 1.807) is 0 Å². The van der Waals surface area contributed by atoms with E-state index < -0.39 is 0 Å². The number of carbonyl (C=O) groups excluding carboxylic acids is 1. The largest absolute Gasteiger partial charge is 0.350 e. The molecule has 0 unspecified atom stereocenters. The molecule has 0 aliphatic heterocycles. The highest BCUT2D eigenvalue weighted by atomic mass is 16.2.